The molecule has 2 N–H and O–H groups in total. The molecule has 0 heterocycles. The van der Waals surface area contributed by atoms with Gasteiger partial charge in [0.05, 0.1) is 0 Å². The molecule has 0 bridgehead atoms. The molecule has 126 valence electrons. The molecule has 1 heteroatoms. The van der Waals surface area contributed by atoms with Gasteiger partial charge in [-0.25, -0.2) is 0 Å². The summed E-state index contributed by atoms with van der Waals surface area (Å²) in [5, 5.41) is 0. The molecular formula is C20H41N. The maximum Gasteiger partial charge on any atom is -0.00773 e. The first-order valence-electron chi connectivity index (χ1n) is 10.1. The molecule has 0 atom stereocenters. The van der Waals surface area contributed by atoms with Crippen molar-refractivity contribution in [3.05, 3.63) is 0 Å². The van der Waals surface area contributed by atoms with Crippen molar-refractivity contribution in [2.45, 2.75) is 110 Å². The molecule has 0 aromatic heterocycles. The summed E-state index contributed by atoms with van der Waals surface area (Å²) in [6.45, 7) is 3.20. The summed E-state index contributed by atoms with van der Waals surface area (Å²) < 4.78 is 0. The Morgan fingerprint density at radius 1 is 0.619 bits per heavy atom. The van der Waals surface area contributed by atoms with Gasteiger partial charge in [0.25, 0.3) is 0 Å². The highest BCUT2D eigenvalue weighted by Gasteiger charge is 2.20. The zero-order chi connectivity index (χ0) is 15.2. The summed E-state index contributed by atoms with van der Waals surface area (Å²) in [4.78, 5) is 0. The Hall–Kier alpha value is -0.0400. The van der Waals surface area contributed by atoms with Crippen LogP contribution in [0.15, 0.2) is 0 Å². The molecule has 1 aliphatic carbocycles. The molecule has 0 saturated heterocycles. The van der Waals surface area contributed by atoms with Crippen molar-refractivity contribution in [2.75, 3.05) is 6.54 Å². The highest BCUT2D eigenvalue weighted by Crippen LogP contribution is 2.34. The smallest absolute Gasteiger partial charge is 0.00773 e. The minimum atomic E-state index is 0.876. The fraction of sp³-hybridized carbons (Fsp3) is 1.00. The topological polar surface area (TPSA) is 26.0 Å². The fourth-order valence-electron chi connectivity index (χ4n) is 3.94. The fourth-order valence-corrected chi connectivity index (χ4v) is 3.94. The summed E-state index contributed by atoms with van der Waals surface area (Å²) in [6.07, 6.45) is 23.3. The van der Waals surface area contributed by atoms with E-state index in [9.17, 15) is 0 Å². The van der Waals surface area contributed by atoms with Gasteiger partial charge < -0.3 is 5.73 Å². The number of unbranched alkanes of at least 4 members (excludes halogenated alkanes) is 8. The quantitative estimate of drug-likeness (QED) is 0.388. The number of nitrogens with two attached hydrogens (primary N) is 1. The van der Waals surface area contributed by atoms with E-state index in [1.54, 1.807) is 0 Å². The van der Waals surface area contributed by atoms with Crippen LogP contribution in [0.3, 0.4) is 0 Å². The van der Waals surface area contributed by atoms with E-state index >= 15 is 0 Å². The van der Waals surface area contributed by atoms with Gasteiger partial charge >= 0.3 is 0 Å². The monoisotopic (exact) mass is 295 g/mol. The van der Waals surface area contributed by atoms with Crippen LogP contribution in [0.2, 0.25) is 0 Å². The lowest BCUT2D eigenvalue weighted by atomic mass is 9.78. The minimum Gasteiger partial charge on any atom is -0.330 e. The van der Waals surface area contributed by atoms with Crippen molar-refractivity contribution in [2.24, 2.45) is 17.6 Å². The number of hydrogen-bond acceptors (Lipinski definition) is 1. The SMILES string of the molecule is CCCCC1CCC(CCCCCCCCCCN)CC1. The Morgan fingerprint density at radius 3 is 1.52 bits per heavy atom. The third-order valence-electron chi connectivity index (χ3n) is 5.50. The highest BCUT2D eigenvalue weighted by molar-refractivity contribution is 4.72. The molecule has 0 aromatic rings. The van der Waals surface area contributed by atoms with Crippen molar-refractivity contribution in [1.82, 2.24) is 0 Å². The van der Waals surface area contributed by atoms with E-state index < -0.39 is 0 Å². The van der Waals surface area contributed by atoms with Gasteiger partial charge in [-0.1, -0.05) is 103 Å². The number of hydrogen-bond donors (Lipinski definition) is 1. The molecule has 1 aliphatic rings. The first-order valence-corrected chi connectivity index (χ1v) is 10.1. The minimum absolute atomic E-state index is 0.876. The van der Waals surface area contributed by atoms with E-state index in [1.165, 1.54) is 103 Å². The van der Waals surface area contributed by atoms with Crippen molar-refractivity contribution < 1.29 is 0 Å². The summed E-state index contributed by atoms with van der Waals surface area (Å²) in [5.41, 5.74) is 5.51. The van der Waals surface area contributed by atoms with Gasteiger partial charge in [-0.15, -0.1) is 0 Å². The Bertz CT molecular complexity index is 206. The van der Waals surface area contributed by atoms with Crippen LogP contribution in [0, 0.1) is 11.8 Å². The van der Waals surface area contributed by atoms with Crippen LogP contribution >= 0.6 is 0 Å². The van der Waals surface area contributed by atoms with Crippen LogP contribution in [0.25, 0.3) is 0 Å². The van der Waals surface area contributed by atoms with Crippen LogP contribution < -0.4 is 5.73 Å². The summed E-state index contributed by atoms with van der Waals surface area (Å²) in [7, 11) is 0. The van der Waals surface area contributed by atoms with E-state index in [-0.39, 0.29) is 0 Å². The Morgan fingerprint density at radius 2 is 1.05 bits per heavy atom. The van der Waals surface area contributed by atoms with Crippen molar-refractivity contribution >= 4 is 0 Å². The third-order valence-corrected chi connectivity index (χ3v) is 5.50. The second-order valence-corrected chi connectivity index (χ2v) is 7.43. The van der Waals surface area contributed by atoms with E-state index in [1.807, 2.05) is 0 Å². The van der Waals surface area contributed by atoms with E-state index in [0.29, 0.717) is 0 Å². The molecule has 1 rings (SSSR count). The normalized spacial score (nSPS) is 22.6. The lowest BCUT2D eigenvalue weighted by Gasteiger charge is -2.28. The van der Waals surface area contributed by atoms with Gasteiger partial charge in [0.2, 0.25) is 0 Å². The second kappa shape index (κ2) is 13.6. The first kappa shape index (κ1) is 19.0. The molecule has 1 fully saturated rings. The van der Waals surface area contributed by atoms with Crippen molar-refractivity contribution in [3.8, 4) is 0 Å². The maximum atomic E-state index is 5.51. The molecule has 0 aromatic carbocycles. The van der Waals surface area contributed by atoms with E-state index in [4.69, 9.17) is 5.73 Å². The van der Waals surface area contributed by atoms with Gasteiger partial charge in [0.15, 0.2) is 0 Å². The molecular weight excluding hydrogens is 254 g/mol. The lowest BCUT2D eigenvalue weighted by Crippen LogP contribution is -2.14. The summed E-state index contributed by atoms with van der Waals surface area (Å²) in [5.74, 6) is 2.15. The predicted molar refractivity (Wildman–Crippen MR) is 95.6 cm³/mol. The standard InChI is InChI=1S/C20H41N/c1-2-3-12-19-14-16-20(17-15-19)13-10-8-6-4-5-7-9-11-18-21/h19-20H,2-18,21H2,1H3. The third kappa shape index (κ3) is 10.3. The van der Waals surface area contributed by atoms with Crippen LogP contribution in [0.4, 0.5) is 0 Å². The second-order valence-electron chi connectivity index (χ2n) is 7.43. The lowest BCUT2D eigenvalue weighted by molar-refractivity contribution is 0.245. The number of rotatable bonds is 13. The van der Waals surface area contributed by atoms with Gasteiger partial charge in [0, 0.05) is 0 Å². The van der Waals surface area contributed by atoms with Gasteiger partial charge in [-0.3, -0.25) is 0 Å². The van der Waals surface area contributed by atoms with Gasteiger partial charge in [-0.05, 0) is 24.8 Å². The summed E-state index contributed by atoms with van der Waals surface area (Å²) in [6, 6.07) is 0. The van der Waals surface area contributed by atoms with Crippen molar-refractivity contribution in [1.29, 1.82) is 0 Å². The van der Waals surface area contributed by atoms with Gasteiger partial charge in [-0.2, -0.15) is 0 Å². The zero-order valence-corrected chi connectivity index (χ0v) is 14.8. The first-order chi connectivity index (χ1) is 10.4. The molecule has 0 aliphatic heterocycles. The van der Waals surface area contributed by atoms with Crippen molar-refractivity contribution in [3.63, 3.8) is 0 Å². The maximum absolute atomic E-state index is 5.51. The summed E-state index contributed by atoms with van der Waals surface area (Å²) >= 11 is 0. The van der Waals surface area contributed by atoms with Crippen LogP contribution in [0.1, 0.15) is 110 Å². The molecule has 0 amide bonds. The molecule has 21 heavy (non-hydrogen) atoms. The largest absolute Gasteiger partial charge is 0.330 e. The molecule has 0 unspecified atom stereocenters. The predicted octanol–water partition coefficient (Wildman–Crippen LogP) is 6.45. The van der Waals surface area contributed by atoms with E-state index in [2.05, 4.69) is 6.92 Å². The Balaban J connectivity index is 1.84. The molecule has 1 saturated carbocycles. The molecule has 0 spiro atoms. The molecule has 0 radical (unpaired) electrons. The average Bonchev–Trinajstić information content (AvgIpc) is 2.52. The average molecular weight is 296 g/mol. The molecule has 1 nitrogen and oxygen atoms in total. The van der Waals surface area contributed by atoms with Crippen LogP contribution in [-0.4, -0.2) is 6.54 Å². The van der Waals surface area contributed by atoms with E-state index in [0.717, 1.165) is 18.4 Å². The van der Waals surface area contributed by atoms with Crippen LogP contribution in [0.5, 0.6) is 0 Å². The van der Waals surface area contributed by atoms with Crippen LogP contribution in [-0.2, 0) is 0 Å². The zero-order valence-electron chi connectivity index (χ0n) is 14.8. The van der Waals surface area contributed by atoms with Gasteiger partial charge in [0.1, 0.15) is 0 Å². The highest BCUT2D eigenvalue weighted by atomic mass is 14.5. The Labute approximate surface area is 134 Å². The Kier molecular flexibility index (Phi) is 12.3.